The average Bonchev–Trinajstić information content (AvgIpc) is 2.49. The molecule has 1 aromatic rings. The molecule has 1 aliphatic rings. The van der Waals surface area contributed by atoms with E-state index in [0.717, 1.165) is 25.0 Å². The van der Waals surface area contributed by atoms with Crippen molar-refractivity contribution in [2.45, 2.75) is 19.3 Å². The van der Waals surface area contributed by atoms with Crippen molar-refractivity contribution in [3.05, 3.63) is 17.5 Å². The second-order valence-electron chi connectivity index (χ2n) is 3.12. The monoisotopic (exact) mass is 182 g/mol. The average molecular weight is 182 g/mol. The van der Waals surface area contributed by atoms with Crippen molar-refractivity contribution in [3.63, 3.8) is 0 Å². The Hall–Kier alpha value is -0.900. The molecule has 1 heterocycles. The van der Waals surface area contributed by atoms with Crippen LogP contribution in [0.3, 0.4) is 0 Å². The highest BCUT2D eigenvalue weighted by Gasteiger charge is 2.23. The summed E-state index contributed by atoms with van der Waals surface area (Å²) < 4.78 is 5.05. The number of thiocarbonyl (C=S) groups is 1. The van der Waals surface area contributed by atoms with E-state index in [4.69, 9.17) is 22.5 Å². The van der Waals surface area contributed by atoms with E-state index in [2.05, 4.69) is 5.16 Å². The van der Waals surface area contributed by atoms with Crippen molar-refractivity contribution in [1.82, 2.24) is 5.16 Å². The van der Waals surface area contributed by atoms with Crippen molar-refractivity contribution in [2.75, 3.05) is 0 Å². The van der Waals surface area contributed by atoms with Gasteiger partial charge in [0.25, 0.3) is 0 Å². The molecular formula is C8H10N2OS. The molecule has 4 heteroatoms. The molecule has 0 amide bonds. The molecule has 0 bridgehead atoms. The number of nitrogens with zero attached hydrogens (tertiary/aromatic N) is 1. The number of nitrogens with two attached hydrogens (primary N) is 1. The standard InChI is InChI=1S/C8H10N2OS/c9-8(12)5-1-2-7-6(3-5)4-10-11-7/h4-5H,1-3H2,(H2,9,12)/t5-/m1/s1. The second kappa shape index (κ2) is 2.86. The third kappa shape index (κ3) is 1.22. The first kappa shape index (κ1) is 7.73. The Kier molecular flexibility index (Phi) is 1.84. The van der Waals surface area contributed by atoms with Crippen LogP contribution in [0.15, 0.2) is 10.7 Å². The largest absolute Gasteiger partial charge is 0.393 e. The SMILES string of the molecule is NC(=S)[C@@H]1CCc2oncc2C1. The van der Waals surface area contributed by atoms with Gasteiger partial charge in [-0.25, -0.2) is 0 Å². The van der Waals surface area contributed by atoms with Crippen LogP contribution in [0.5, 0.6) is 0 Å². The molecule has 1 aliphatic carbocycles. The topological polar surface area (TPSA) is 52.0 Å². The quantitative estimate of drug-likeness (QED) is 0.660. The van der Waals surface area contributed by atoms with Crippen LogP contribution in [0.2, 0.25) is 0 Å². The first-order chi connectivity index (χ1) is 5.77. The minimum Gasteiger partial charge on any atom is -0.393 e. The van der Waals surface area contributed by atoms with Crippen molar-refractivity contribution in [1.29, 1.82) is 0 Å². The van der Waals surface area contributed by atoms with Gasteiger partial charge < -0.3 is 10.3 Å². The minimum atomic E-state index is 0.340. The van der Waals surface area contributed by atoms with Gasteiger partial charge in [-0.2, -0.15) is 0 Å². The van der Waals surface area contributed by atoms with Crippen LogP contribution in [0, 0.1) is 5.92 Å². The van der Waals surface area contributed by atoms with Crippen LogP contribution in [-0.4, -0.2) is 10.1 Å². The molecule has 12 heavy (non-hydrogen) atoms. The van der Waals surface area contributed by atoms with Crippen LogP contribution in [0.25, 0.3) is 0 Å². The number of hydrogen-bond donors (Lipinski definition) is 1. The molecule has 0 aliphatic heterocycles. The fourth-order valence-corrected chi connectivity index (χ4v) is 1.77. The lowest BCUT2D eigenvalue weighted by Crippen LogP contribution is -2.26. The molecule has 0 saturated carbocycles. The summed E-state index contributed by atoms with van der Waals surface area (Å²) in [7, 11) is 0. The summed E-state index contributed by atoms with van der Waals surface area (Å²) in [6.45, 7) is 0. The molecule has 2 N–H and O–H groups in total. The fourth-order valence-electron chi connectivity index (χ4n) is 1.57. The van der Waals surface area contributed by atoms with Crippen molar-refractivity contribution >= 4 is 17.2 Å². The van der Waals surface area contributed by atoms with Crippen LogP contribution in [-0.2, 0) is 12.8 Å². The van der Waals surface area contributed by atoms with Crippen molar-refractivity contribution in [2.24, 2.45) is 11.7 Å². The second-order valence-corrected chi connectivity index (χ2v) is 3.59. The Balaban J connectivity index is 2.20. The van der Waals surface area contributed by atoms with Gasteiger partial charge in [-0.1, -0.05) is 17.4 Å². The summed E-state index contributed by atoms with van der Waals surface area (Å²) in [6.07, 6.45) is 4.57. The highest BCUT2D eigenvalue weighted by atomic mass is 32.1. The highest BCUT2D eigenvalue weighted by Crippen LogP contribution is 2.25. The summed E-state index contributed by atoms with van der Waals surface area (Å²) in [5.41, 5.74) is 6.74. The highest BCUT2D eigenvalue weighted by molar-refractivity contribution is 7.80. The van der Waals surface area contributed by atoms with E-state index in [1.54, 1.807) is 6.20 Å². The maximum atomic E-state index is 5.57. The van der Waals surface area contributed by atoms with Gasteiger partial charge in [0.15, 0.2) is 0 Å². The molecule has 2 rings (SSSR count). The first-order valence-corrected chi connectivity index (χ1v) is 4.40. The van der Waals surface area contributed by atoms with E-state index in [-0.39, 0.29) is 0 Å². The number of hydrogen-bond acceptors (Lipinski definition) is 3. The van der Waals surface area contributed by atoms with Gasteiger partial charge in [0.05, 0.1) is 11.2 Å². The smallest absolute Gasteiger partial charge is 0.139 e. The Morgan fingerprint density at radius 3 is 3.33 bits per heavy atom. The number of fused-ring (bicyclic) bond motifs is 1. The minimum absolute atomic E-state index is 0.340. The molecule has 3 nitrogen and oxygen atoms in total. The summed E-state index contributed by atoms with van der Waals surface area (Å²) >= 11 is 4.95. The van der Waals surface area contributed by atoms with Crippen LogP contribution < -0.4 is 5.73 Å². The lowest BCUT2D eigenvalue weighted by Gasteiger charge is -2.18. The zero-order valence-electron chi connectivity index (χ0n) is 6.62. The summed E-state index contributed by atoms with van der Waals surface area (Å²) in [6, 6.07) is 0. The van der Waals surface area contributed by atoms with Gasteiger partial charge in [-0.3, -0.25) is 0 Å². The predicted molar refractivity (Wildman–Crippen MR) is 48.8 cm³/mol. The van der Waals surface area contributed by atoms with Crippen molar-refractivity contribution in [3.8, 4) is 0 Å². The van der Waals surface area contributed by atoms with Gasteiger partial charge in [-0.05, 0) is 12.8 Å². The van der Waals surface area contributed by atoms with Gasteiger partial charge in [0, 0.05) is 17.9 Å². The molecule has 0 spiro atoms. The maximum absolute atomic E-state index is 5.57. The number of rotatable bonds is 1. The van der Waals surface area contributed by atoms with E-state index in [0.29, 0.717) is 10.9 Å². The molecule has 0 fully saturated rings. The number of aryl methyl sites for hydroxylation is 1. The Labute approximate surface area is 75.9 Å². The summed E-state index contributed by atoms with van der Waals surface area (Å²) in [5.74, 6) is 1.34. The summed E-state index contributed by atoms with van der Waals surface area (Å²) in [4.78, 5) is 0.613. The molecule has 0 aromatic carbocycles. The normalized spacial score (nSPS) is 21.8. The van der Waals surface area contributed by atoms with E-state index >= 15 is 0 Å². The Morgan fingerprint density at radius 2 is 2.58 bits per heavy atom. The van der Waals surface area contributed by atoms with Gasteiger partial charge >= 0.3 is 0 Å². The fraction of sp³-hybridized carbons (Fsp3) is 0.500. The van der Waals surface area contributed by atoms with Gasteiger partial charge in [0.1, 0.15) is 5.76 Å². The maximum Gasteiger partial charge on any atom is 0.139 e. The Morgan fingerprint density at radius 1 is 1.75 bits per heavy atom. The van der Waals surface area contributed by atoms with E-state index in [9.17, 15) is 0 Å². The lowest BCUT2D eigenvalue weighted by molar-refractivity contribution is 0.365. The molecule has 1 aromatic heterocycles. The molecule has 0 unspecified atom stereocenters. The van der Waals surface area contributed by atoms with Crippen molar-refractivity contribution < 1.29 is 4.52 Å². The van der Waals surface area contributed by atoms with Crippen LogP contribution in [0.4, 0.5) is 0 Å². The zero-order valence-corrected chi connectivity index (χ0v) is 7.43. The zero-order chi connectivity index (χ0) is 8.55. The molecule has 64 valence electrons. The third-order valence-corrected chi connectivity index (χ3v) is 2.65. The Bertz CT molecular complexity index is 308. The third-order valence-electron chi connectivity index (χ3n) is 2.32. The van der Waals surface area contributed by atoms with E-state index < -0.39 is 0 Å². The van der Waals surface area contributed by atoms with Gasteiger partial charge in [0.2, 0.25) is 0 Å². The lowest BCUT2D eigenvalue weighted by atomic mass is 9.88. The first-order valence-electron chi connectivity index (χ1n) is 3.99. The van der Waals surface area contributed by atoms with Crippen LogP contribution in [0.1, 0.15) is 17.7 Å². The molecular weight excluding hydrogens is 172 g/mol. The summed E-state index contributed by atoms with van der Waals surface area (Å²) in [5, 5.41) is 3.74. The van der Waals surface area contributed by atoms with E-state index in [1.165, 1.54) is 5.56 Å². The van der Waals surface area contributed by atoms with Gasteiger partial charge in [-0.15, -0.1) is 0 Å². The van der Waals surface area contributed by atoms with E-state index in [1.807, 2.05) is 0 Å². The molecule has 0 radical (unpaired) electrons. The predicted octanol–water partition coefficient (Wildman–Crippen LogP) is 1.07. The number of aromatic nitrogens is 1. The molecule has 1 atom stereocenters. The molecule has 0 saturated heterocycles. The van der Waals surface area contributed by atoms with Crippen LogP contribution >= 0.6 is 12.2 Å².